The van der Waals surface area contributed by atoms with Gasteiger partial charge in [0, 0.05) is 47.7 Å². The van der Waals surface area contributed by atoms with Crippen LogP contribution >= 0.6 is 0 Å². The highest BCUT2D eigenvalue weighted by Crippen LogP contribution is 2.51. The number of nitrogens with zero attached hydrogens (tertiary/aromatic N) is 4. The topological polar surface area (TPSA) is 89.3 Å². The van der Waals surface area contributed by atoms with Gasteiger partial charge in [0.05, 0.1) is 37.0 Å². The molecule has 8 nitrogen and oxygen atoms in total. The fourth-order valence-electron chi connectivity index (χ4n) is 5.72. The van der Waals surface area contributed by atoms with Crippen LogP contribution in [-0.4, -0.2) is 47.5 Å². The molecule has 3 aromatic rings. The van der Waals surface area contributed by atoms with Crippen molar-refractivity contribution in [3.05, 3.63) is 59.1 Å². The zero-order valence-corrected chi connectivity index (χ0v) is 21.1. The lowest BCUT2D eigenvalue weighted by Gasteiger charge is -2.30. The Morgan fingerprint density at radius 1 is 1.25 bits per heavy atom. The summed E-state index contributed by atoms with van der Waals surface area (Å²) < 4.78 is 17.9. The molecular weight excluding hydrogens is 456 g/mol. The summed E-state index contributed by atoms with van der Waals surface area (Å²) in [5.74, 6) is 1.78. The maximum Gasteiger partial charge on any atom is 0.284 e. The number of rotatable bonds is 6. The van der Waals surface area contributed by atoms with Crippen molar-refractivity contribution in [2.45, 2.75) is 52.3 Å². The second kappa shape index (κ2) is 8.57. The van der Waals surface area contributed by atoms with Crippen LogP contribution in [0.4, 0.5) is 5.69 Å². The molecule has 1 N–H and O–H groups in total. The first-order valence-electron chi connectivity index (χ1n) is 12.3. The van der Waals surface area contributed by atoms with Gasteiger partial charge in [0.15, 0.2) is 5.75 Å². The third-order valence-corrected chi connectivity index (χ3v) is 7.64. The first-order valence-corrected chi connectivity index (χ1v) is 12.3. The van der Waals surface area contributed by atoms with Gasteiger partial charge in [-0.1, -0.05) is 11.6 Å². The molecule has 186 valence electrons. The summed E-state index contributed by atoms with van der Waals surface area (Å²) in [6.07, 6.45) is 4.03. The van der Waals surface area contributed by atoms with Gasteiger partial charge in [0.1, 0.15) is 11.4 Å². The molecule has 4 heterocycles. The van der Waals surface area contributed by atoms with Gasteiger partial charge in [-0.25, -0.2) is 4.98 Å². The highest BCUT2D eigenvalue weighted by atomic mass is 16.7. The van der Waals surface area contributed by atoms with Crippen molar-refractivity contribution >= 4 is 27.9 Å². The predicted octanol–water partition coefficient (Wildman–Crippen LogP) is 4.66. The Kier molecular flexibility index (Phi) is 5.46. The number of benzene rings is 1. The van der Waals surface area contributed by atoms with Crippen LogP contribution in [0.3, 0.4) is 0 Å². The van der Waals surface area contributed by atoms with Crippen LogP contribution in [0.1, 0.15) is 50.1 Å². The molecule has 2 aromatic heterocycles. The molecule has 0 amide bonds. The van der Waals surface area contributed by atoms with Gasteiger partial charge < -0.3 is 24.2 Å². The monoisotopic (exact) mass is 486 g/mol. The quantitative estimate of drug-likeness (QED) is 0.542. The molecule has 1 fully saturated rings. The summed E-state index contributed by atoms with van der Waals surface area (Å²) in [6.45, 7) is 6.10. The summed E-state index contributed by atoms with van der Waals surface area (Å²) >= 11 is 0. The fourth-order valence-corrected chi connectivity index (χ4v) is 5.72. The molecule has 0 saturated heterocycles. The van der Waals surface area contributed by atoms with E-state index in [0.29, 0.717) is 23.4 Å². The Labute approximate surface area is 210 Å². The third-order valence-electron chi connectivity index (χ3n) is 7.64. The number of aliphatic imine (C=N–C) groups is 1. The van der Waals surface area contributed by atoms with Gasteiger partial charge in [-0.05, 0) is 51.0 Å². The van der Waals surface area contributed by atoms with Crippen molar-refractivity contribution in [3.8, 4) is 11.5 Å². The minimum Gasteiger partial charge on any atom is -0.496 e. The maximum atomic E-state index is 10.2. The molecule has 3 aliphatic rings. The Balaban J connectivity index is 1.58. The highest BCUT2D eigenvalue weighted by molar-refractivity contribution is 6.25. The van der Waals surface area contributed by atoms with E-state index >= 15 is 0 Å². The number of aliphatic hydroxyl groups is 1. The number of methoxy groups -OCH3 is 2. The minimum atomic E-state index is -0.678. The standard InChI is InChI=1S/C28H30N4O4/c1-14-18-9-21(18)30-15(2)25(14)20-10-22-19(11-24(20)34-4)26-27(23(13-33)31-22)36-28(35-5)32(26)16(3)17-7-6-8-29-12-17/h6-8,10-12,16,18,21,28,33H,9,13H2,1-5H3/t16-,18?,21?,28?/m1/s1. The van der Waals surface area contributed by atoms with E-state index in [4.69, 9.17) is 24.2 Å². The number of dihydropyridines is 1. The van der Waals surface area contributed by atoms with E-state index < -0.39 is 6.41 Å². The average Bonchev–Trinajstić information content (AvgIpc) is 3.57. The number of fused-ring (bicyclic) bond motifs is 4. The maximum absolute atomic E-state index is 10.2. The van der Waals surface area contributed by atoms with Gasteiger partial charge in [0.25, 0.3) is 6.41 Å². The van der Waals surface area contributed by atoms with Crippen LogP contribution in [0.25, 0.3) is 16.5 Å². The fraction of sp³-hybridized carbons (Fsp3) is 0.393. The number of allylic oxidation sites excluding steroid dienone is 1. The molecule has 2 aliphatic heterocycles. The molecule has 8 heteroatoms. The van der Waals surface area contributed by atoms with Crippen LogP contribution in [0.2, 0.25) is 0 Å². The van der Waals surface area contributed by atoms with E-state index in [2.05, 4.69) is 36.7 Å². The summed E-state index contributed by atoms with van der Waals surface area (Å²) in [7, 11) is 3.30. The predicted molar refractivity (Wildman–Crippen MR) is 138 cm³/mol. The number of ether oxygens (including phenoxy) is 3. The first-order chi connectivity index (χ1) is 17.5. The van der Waals surface area contributed by atoms with Crippen LogP contribution in [0.15, 0.2) is 47.2 Å². The van der Waals surface area contributed by atoms with E-state index in [-0.39, 0.29) is 12.6 Å². The smallest absolute Gasteiger partial charge is 0.284 e. The lowest BCUT2D eigenvalue weighted by molar-refractivity contribution is -0.0456. The van der Waals surface area contributed by atoms with Gasteiger partial charge in [-0.2, -0.15) is 0 Å². The summed E-state index contributed by atoms with van der Waals surface area (Å²) in [5.41, 5.74) is 7.54. The molecule has 1 aliphatic carbocycles. The summed E-state index contributed by atoms with van der Waals surface area (Å²) in [4.78, 5) is 16.1. The molecule has 3 unspecified atom stereocenters. The summed E-state index contributed by atoms with van der Waals surface area (Å²) in [5, 5.41) is 11.1. The number of hydrogen-bond donors (Lipinski definition) is 1. The van der Waals surface area contributed by atoms with Crippen molar-refractivity contribution in [3.63, 3.8) is 0 Å². The van der Waals surface area contributed by atoms with Crippen LogP contribution < -0.4 is 14.4 Å². The number of hydrogen-bond acceptors (Lipinski definition) is 8. The average molecular weight is 487 g/mol. The lowest BCUT2D eigenvalue weighted by atomic mass is 9.91. The molecular formula is C28H30N4O4. The van der Waals surface area contributed by atoms with Crippen molar-refractivity contribution in [1.82, 2.24) is 9.97 Å². The lowest BCUT2D eigenvalue weighted by Crippen LogP contribution is -2.38. The van der Waals surface area contributed by atoms with Gasteiger partial charge >= 0.3 is 0 Å². The molecule has 1 aromatic carbocycles. The second-order valence-corrected chi connectivity index (χ2v) is 9.68. The second-order valence-electron chi connectivity index (χ2n) is 9.68. The van der Waals surface area contributed by atoms with Crippen molar-refractivity contribution in [1.29, 1.82) is 0 Å². The Hall–Kier alpha value is -3.49. The van der Waals surface area contributed by atoms with Crippen LogP contribution in [0, 0.1) is 5.92 Å². The molecule has 1 saturated carbocycles. The van der Waals surface area contributed by atoms with Crippen molar-refractivity contribution in [2.24, 2.45) is 10.9 Å². The van der Waals surface area contributed by atoms with Gasteiger partial charge in [-0.3, -0.25) is 9.98 Å². The first kappa shape index (κ1) is 22.9. The molecule has 36 heavy (non-hydrogen) atoms. The third kappa shape index (κ3) is 3.39. The minimum absolute atomic E-state index is 0.114. The zero-order chi connectivity index (χ0) is 25.1. The zero-order valence-electron chi connectivity index (χ0n) is 21.1. The van der Waals surface area contributed by atoms with E-state index in [0.717, 1.165) is 51.2 Å². The number of aliphatic hydroxyl groups excluding tert-OH is 1. The largest absolute Gasteiger partial charge is 0.496 e. The molecule has 0 spiro atoms. The molecule has 6 rings (SSSR count). The Morgan fingerprint density at radius 3 is 2.78 bits per heavy atom. The van der Waals surface area contributed by atoms with Crippen molar-refractivity contribution < 1.29 is 19.3 Å². The molecule has 4 atom stereocenters. The number of anilines is 1. The van der Waals surface area contributed by atoms with E-state index in [9.17, 15) is 5.11 Å². The van der Waals surface area contributed by atoms with Crippen LogP contribution in [-0.2, 0) is 11.3 Å². The Morgan fingerprint density at radius 2 is 2.08 bits per heavy atom. The van der Waals surface area contributed by atoms with E-state index in [1.165, 1.54) is 5.57 Å². The highest BCUT2D eigenvalue weighted by Gasteiger charge is 2.43. The Bertz CT molecular complexity index is 1420. The van der Waals surface area contributed by atoms with Gasteiger partial charge in [0.2, 0.25) is 0 Å². The molecule has 0 radical (unpaired) electrons. The van der Waals surface area contributed by atoms with Crippen molar-refractivity contribution in [2.75, 3.05) is 19.1 Å². The SMILES string of the molecule is COc1cc2c3c(c(CO)nc2cc1C1=C(C)C2CC2N=C1C)OC(OC)N3[C@H](C)c1cccnc1. The number of aromatic nitrogens is 2. The number of pyridine rings is 2. The normalized spacial score (nSPS) is 23.2. The van der Waals surface area contributed by atoms with E-state index in [1.807, 2.05) is 24.4 Å². The van der Waals surface area contributed by atoms with Crippen LogP contribution in [0.5, 0.6) is 11.5 Å². The van der Waals surface area contributed by atoms with Gasteiger partial charge in [-0.15, -0.1) is 0 Å². The summed E-state index contributed by atoms with van der Waals surface area (Å²) in [6, 6.07) is 8.34. The van der Waals surface area contributed by atoms with E-state index in [1.54, 1.807) is 20.4 Å². The molecule has 0 bridgehead atoms.